The molecule has 0 aliphatic carbocycles. The van der Waals surface area contributed by atoms with E-state index in [1.54, 1.807) is 12.1 Å². The molecular weight excluding hydrogens is 767 g/mol. The van der Waals surface area contributed by atoms with Crippen molar-refractivity contribution in [1.82, 2.24) is 20.0 Å². The van der Waals surface area contributed by atoms with Crippen LogP contribution in [0.4, 0.5) is 22.7 Å². The predicted octanol–water partition coefficient (Wildman–Crippen LogP) is 3.74. The number of likely N-dealkylation sites (tertiary alicyclic amines) is 1. The van der Waals surface area contributed by atoms with Crippen LogP contribution in [0.1, 0.15) is 56.8 Å². The van der Waals surface area contributed by atoms with Crippen LogP contribution in [0, 0.1) is 10.1 Å². The Morgan fingerprint density at radius 1 is 0.804 bits per heavy atom. The van der Waals surface area contributed by atoms with Gasteiger partial charge in [-0.15, -0.1) is 0 Å². The summed E-state index contributed by atoms with van der Waals surface area (Å²) in [5.41, 5.74) is 1.94. The van der Waals surface area contributed by atoms with Gasteiger partial charge in [0.25, 0.3) is 23.4 Å². The van der Waals surface area contributed by atoms with Gasteiger partial charge in [-0.05, 0) is 49.6 Å². The molecule has 56 heavy (non-hydrogen) atoms. The number of nitro groups is 1. The first-order chi connectivity index (χ1) is 26.9. The summed E-state index contributed by atoms with van der Waals surface area (Å²) in [5.74, 6) is -2.95. The van der Waals surface area contributed by atoms with Gasteiger partial charge in [-0.3, -0.25) is 54.1 Å². The molecule has 0 aromatic heterocycles. The van der Waals surface area contributed by atoms with Crippen molar-refractivity contribution in [2.24, 2.45) is 0 Å². The minimum absolute atomic E-state index is 0.0114. The molecule has 4 saturated heterocycles. The first-order valence-corrected chi connectivity index (χ1v) is 19.2. The van der Waals surface area contributed by atoms with Gasteiger partial charge in [0.1, 0.15) is 11.8 Å². The van der Waals surface area contributed by atoms with Crippen LogP contribution in [0.3, 0.4) is 0 Å². The van der Waals surface area contributed by atoms with Crippen LogP contribution in [0.15, 0.2) is 48.5 Å². The van der Waals surface area contributed by atoms with Crippen molar-refractivity contribution in [1.29, 1.82) is 0 Å². The second kappa shape index (κ2) is 15.0. The molecule has 5 amide bonds. The Kier molecular flexibility index (Phi) is 10.1. The van der Waals surface area contributed by atoms with Gasteiger partial charge >= 0.3 is 0 Å². The van der Waals surface area contributed by atoms with Gasteiger partial charge in [0.05, 0.1) is 43.0 Å². The smallest absolute Gasteiger partial charge is 0.271 e. The fraction of sp³-hybridized carbons (Fsp3) is 0.395. The van der Waals surface area contributed by atoms with Crippen molar-refractivity contribution < 1.29 is 34.0 Å². The molecule has 8 rings (SSSR count). The second-order valence-electron chi connectivity index (χ2n) is 14.7. The van der Waals surface area contributed by atoms with Gasteiger partial charge in [-0.2, -0.15) is 0 Å². The van der Waals surface area contributed by atoms with Crippen LogP contribution < -0.4 is 20.4 Å². The normalized spacial score (nSPS) is 21.2. The van der Waals surface area contributed by atoms with Crippen molar-refractivity contribution in [3.8, 4) is 5.75 Å². The Labute approximate surface area is 331 Å². The maximum atomic E-state index is 13.3. The van der Waals surface area contributed by atoms with Crippen LogP contribution in [-0.4, -0.2) is 125 Å². The highest BCUT2D eigenvalue weighted by molar-refractivity contribution is 6.35. The van der Waals surface area contributed by atoms with E-state index in [-0.39, 0.29) is 51.7 Å². The van der Waals surface area contributed by atoms with E-state index >= 15 is 0 Å². The van der Waals surface area contributed by atoms with Crippen LogP contribution in [-0.2, 0) is 9.59 Å². The maximum Gasteiger partial charge on any atom is 0.271 e. The number of phenolic OH excluding ortho intramolecular Hbond substituents is 1. The van der Waals surface area contributed by atoms with E-state index in [9.17, 15) is 39.2 Å². The molecule has 3 aromatic carbocycles. The monoisotopic (exact) mass is 804 g/mol. The number of nitro benzene ring substituents is 1. The summed E-state index contributed by atoms with van der Waals surface area (Å²) in [5, 5.41) is 26.9. The number of hydrogen-bond donors (Lipinski definition) is 3. The molecule has 292 valence electrons. The number of non-ortho nitro benzene ring substituents is 1. The van der Waals surface area contributed by atoms with Crippen molar-refractivity contribution in [2.75, 3.05) is 67.5 Å². The van der Waals surface area contributed by atoms with E-state index in [4.69, 9.17) is 23.2 Å². The van der Waals surface area contributed by atoms with Gasteiger partial charge < -0.3 is 20.2 Å². The van der Waals surface area contributed by atoms with Crippen LogP contribution in [0.2, 0.25) is 10.0 Å². The number of anilines is 3. The molecule has 0 radical (unpaired) electrons. The van der Waals surface area contributed by atoms with Crippen LogP contribution >= 0.6 is 23.2 Å². The quantitative estimate of drug-likeness (QED) is 0.170. The number of piperidine rings is 2. The van der Waals surface area contributed by atoms with Crippen molar-refractivity contribution in [3.63, 3.8) is 0 Å². The SMILES string of the molecule is O=C1CCC(N2C(=O)c3ccc(N4CC(N5CCC(N6CCN(c7cc(O)c(C(=O)Nc8ccc([N+](=O)[O-])cc8Cl)cc7Cl)CC6)CC5)C4)cc3C2=O)C(=O)N1. The highest BCUT2D eigenvalue weighted by Gasteiger charge is 2.45. The molecule has 5 aliphatic heterocycles. The molecule has 3 aromatic rings. The molecule has 0 spiro atoms. The highest BCUT2D eigenvalue weighted by atomic mass is 35.5. The van der Waals surface area contributed by atoms with Gasteiger partial charge in [-0.1, -0.05) is 23.2 Å². The fourth-order valence-electron chi connectivity index (χ4n) is 8.38. The Balaban J connectivity index is 0.804. The fourth-order valence-corrected chi connectivity index (χ4v) is 8.89. The van der Waals surface area contributed by atoms with Crippen LogP contribution in [0.25, 0.3) is 0 Å². The van der Waals surface area contributed by atoms with Crippen molar-refractivity contribution >= 4 is 75.5 Å². The largest absolute Gasteiger partial charge is 0.507 e. The third-order valence-corrected chi connectivity index (χ3v) is 12.2. The number of phenols is 1. The summed E-state index contributed by atoms with van der Waals surface area (Å²) in [4.78, 5) is 84.1. The topological polar surface area (TPSA) is 189 Å². The van der Waals surface area contributed by atoms with Gasteiger partial charge in [-0.25, -0.2) is 0 Å². The average molecular weight is 806 g/mol. The second-order valence-corrected chi connectivity index (χ2v) is 15.5. The molecule has 5 aliphatic rings. The molecular formula is C38H38Cl2N8O8. The molecule has 18 heteroatoms. The first-order valence-electron chi connectivity index (χ1n) is 18.5. The maximum absolute atomic E-state index is 13.3. The lowest BCUT2D eigenvalue weighted by Gasteiger charge is -2.50. The zero-order valence-electron chi connectivity index (χ0n) is 30.1. The third kappa shape index (κ3) is 7.02. The lowest BCUT2D eigenvalue weighted by atomic mass is 9.97. The summed E-state index contributed by atoms with van der Waals surface area (Å²) in [7, 11) is 0. The van der Waals surface area contributed by atoms with Crippen molar-refractivity contribution in [2.45, 2.75) is 43.8 Å². The number of nitrogens with one attached hydrogen (secondary N) is 2. The number of hydrogen-bond acceptors (Lipinski definition) is 12. The minimum Gasteiger partial charge on any atom is -0.507 e. The Hall–Kier alpha value is -5.29. The molecule has 1 unspecified atom stereocenters. The molecule has 4 fully saturated rings. The molecule has 16 nitrogen and oxygen atoms in total. The number of nitrogens with zero attached hydrogens (tertiary/aromatic N) is 6. The first kappa shape index (κ1) is 37.6. The third-order valence-electron chi connectivity index (χ3n) is 11.6. The summed E-state index contributed by atoms with van der Waals surface area (Å²) in [6.45, 7) is 6.58. The predicted molar refractivity (Wildman–Crippen MR) is 207 cm³/mol. The molecule has 1 atom stereocenters. The molecule has 0 bridgehead atoms. The highest BCUT2D eigenvalue weighted by Crippen LogP contribution is 2.37. The van der Waals surface area contributed by atoms with E-state index in [0.717, 1.165) is 68.8 Å². The average Bonchev–Trinajstić information content (AvgIpc) is 3.41. The van der Waals surface area contributed by atoms with Crippen LogP contribution in [0.5, 0.6) is 5.75 Å². The number of aromatic hydroxyl groups is 1. The summed E-state index contributed by atoms with van der Waals surface area (Å²) < 4.78 is 0. The van der Waals surface area contributed by atoms with Gasteiger partial charge in [0.2, 0.25) is 11.8 Å². The lowest BCUT2D eigenvalue weighted by molar-refractivity contribution is -0.384. The summed E-state index contributed by atoms with van der Waals surface area (Å²) in [6.07, 6.45) is 2.27. The lowest BCUT2D eigenvalue weighted by Crippen LogP contribution is -2.62. The number of piperazine rings is 1. The standard InChI is InChI=1S/C38H38Cl2N8O8/c39-28-16-23(48(55)56)2-4-30(28)41-35(51)27-17-29(40)32(18-33(27)49)45-13-11-44(12-14-45)21-7-9-43(10-8-21)24-19-46(20-24)22-1-3-25-26(15-22)38(54)47(37(25)53)31-5-6-34(50)42-36(31)52/h1-4,15-18,21,24,31,49H,5-14,19-20H2,(H,41,51)(H,42,50,52). The number of amides is 5. The van der Waals surface area contributed by atoms with E-state index in [2.05, 4.69) is 30.2 Å². The van der Waals surface area contributed by atoms with Crippen molar-refractivity contribution in [3.05, 3.63) is 85.4 Å². The van der Waals surface area contributed by atoms with Gasteiger partial charge in [0.15, 0.2) is 0 Å². The zero-order valence-corrected chi connectivity index (χ0v) is 31.6. The zero-order chi connectivity index (χ0) is 39.4. The van der Waals surface area contributed by atoms with E-state index in [0.29, 0.717) is 35.9 Å². The van der Waals surface area contributed by atoms with Gasteiger partial charge in [0, 0.05) is 94.7 Å². The number of halogens is 2. The number of benzene rings is 3. The van der Waals surface area contributed by atoms with E-state index < -0.39 is 40.5 Å². The number of carbonyl (C=O) groups excluding carboxylic acids is 5. The number of carbonyl (C=O) groups is 5. The summed E-state index contributed by atoms with van der Waals surface area (Å²) in [6, 6.07) is 11.7. The minimum atomic E-state index is -0.989. The molecule has 5 heterocycles. The summed E-state index contributed by atoms with van der Waals surface area (Å²) >= 11 is 12.8. The number of fused-ring (bicyclic) bond motifs is 1. The Morgan fingerprint density at radius 3 is 2.18 bits per heavy atom. The number of rotatable bonds is 8. The molecule has 3 N–H and O–H groups in total. The van der Waals surface area contributed by atoms with E-state index in [1.165, 1.54) is 24.3 Å². The molecule has 0 saturated carbocycles. The Morgan fingerprint density at radius 2 is 1.50 bits per heavy atom. The number of imide groups is 2. The Bertz CT molecular complexity index is 2160. The van der Waals surface area contributed by atoms with E-state index in [1.807, 2.05) is 6.07 Å².